The van der Waals surface area contributed by atoms with Gasteiger partial charge in [0, 0.05) is 19.6 Å². The minimum atomic E-state index is -0.278. The smallest absolute Gasteiger partial charge is 0.141 e. The molecule has 76 valence electrons. The highest BCUT2D eigenvalue weighted by molar-refractivity contribution is 5.11. The van der Waals surface area contributed by atoms with E-state index in [-0.39, 0.29) is 11.9 Å². The Bertz CT molecular complexity index is 299. The van der Waals surface area contributed by atoms with Crippen LogP contribution in [0.25, 0.3) is 0 Å². The first kappa shape index (κ1) is 9.55. The third-order valence-corrected chi connectivity index (χ3v) is 2.60. The van der Waals surface area contributed by atoms with Gasteiger partial charge in [-0.25, -0.2) is 4.39 Å². The van der Waals surface area contributed by atoms with Crippen LogP contribution in [0.15, 0.2) is 18.3 Å². The highest BCUT2D eigenvalue weighted by Gasteiger charge is 2.20. The number of rotatable bonds is 1. The molecule has 3 nitrogen and oxygen atoms in total. The number of pyridine rings is 1. The lowest BCUT2D eigenvalue weighted by Crippen LogP contribution is -2.44. The second-order valence-corrected chi connectivity index (χ2v) is 3.60. The van der Waals surface area contributed by atoms with Crippen molar-refractivity contribution in [1.29, 1.82) is 0 Å². The summed E-state index contributed by atoms with van der Waals surface area (Å²) >= 11 is 0. The second-order valence-electron chi connectivity index (χ2n) is 3.60. The zero-order valence-corrected chi connectivity index (χ0v) is 8.20. The van der Waals surface area contributed by atoms with E-state index in [0.717, 1.165) is 25.3 Å². The van der Waals surface area contributed by atoms with Gasteiger partial charge in [-0.15, -0.1) is 0 Å². The molecule has 1 aromatic heterocycles. The van der Waals surface area contributed by atoms with Crippen LogP contribution >= 0.6 is 0 Å². The molecule has 1 aliphatic rings. The molecule has 0 aliphatic carbocycles. The molecule has 0 amide bonds. The quantitative estimate of drug-likeness (QED) is 0.718. The van der Waals surface area contributed by atoms with Crippen LogP contribution in [0, 0.1) is 5.82 Å². The van der Waals surface area contributed by atoms with Gasteiger partial charge in [-0.2, -0.15) is 0 Å². The molecule has 14 heavy (non-hydrogen) atoms. The summed E-state index contributed by atoms with van der Waals surface area (Å²) in [5, 5.41) is 3.30. The predicted octanol–water partition coefficient (Wildman–Crippen LogP) is 0.797. The van der Waals surface area contributed by atoms with Gasteiger partial charge in [0.05, 0.1) is 17.9 Å². The lowest BCUT2D eigenvalue weighted by atomic mass is 10.1. The van der Waals surface area contributed by atoms with Gasteiger partial charge in [-0.1, -0.05) is 0 Å². The predicted molar refractivity (Wildman–Crippen MR) is 52.4 cm³/mol. The fourth-order valence-electron chi connectivity index (χ4n) is 1.72. The number of hydrogen-bond donors (Lipinski definition) is 1. The number of aromatic nitrogens is 1. The Labute approximate surface area is 82.9 Å². The lowest BCUT2D eigenvalue weighted by Gasteiger charge is -2.32. The van der Waals surface area contributed by atoms with Gasteiger partial charge < -0.3 is 5.32 Å². The van der Waals surface area contributed by atoms with Gasteiger partial charge in [-0.05, 0) is 19.2 Å². The number of halogens is 1. The number of piperazine rings is 1. The molecule has 0 spiro atoms. The summed E-state index contributed by atoms with van der Waals surface area (Å²) in [5.41, 5.74) is 0.932. The lowest BCUT2D eigenvalue weighted by molar-refractivity contribution is 0.198. The van der Waals surface area contributed by atoms with Crippen molar-refractivity contribution in [3.8, 4) is 0 Å². The van der Waals surface area contributed by atoms with Crippen molar-refractivity contribution >= 4 is 0 Å². The first-order chi connectivity index (χ1) is 6.77. The van der Waals surface area contributed by atoms with Crippen molar-refractivity contribution in [1.82, 2.24) is 15.2 Å². The van der Waals surface area contributed by atoms with E-state index < -0.39 is 0 Å². The van der Waals surface area contributed by atoms with Crippen LogP contribution in [0.4, 0.5) is 4.39 Å². The standard InChI is InChI=1S/C10H14FN3/c1-14-5-4-12-7-10(14)9-3-2-8(11)6-13-9/h2-3,6,10,12H,4-5,7H2,1H3. The molecule has 1 aliphatic heterocycles. The Morgan fingerprint density at radius 2 is 2.43 bits per heavy atom. The molecule has 0 aromatic carbocycles. The molecule has 2 heterocycles. The average molecular weight is 195 g/mol. The van der Waals surface area contributed by atoms with E-state index in [4.69, 9.17) is 0 Å². The van der Waals surface area contributed by atoms with Crippen LogP contribution < -0.4 is 5.32 Å². The third kappa shape index (κ3) is 1.91. The van der Waals surface area contributed by atoms with Gasteiger partial charge in [0.25, 0.3) is 0 Å². The molecule has 2 rings (SSSR count). The molecule has 4 heteroatoms. The number of nitrogens with zero attached hydrogens (tertiary/aromatic N) is 2. The number of nitrogens with one attached hydrogen (secondary N) is 1. The molecule has 1 unspecified atom stereocenters. The largest absolute Gasteiger partial charge is 0.313 e. The summed E-state index contributed by atoms with van der Waals surface area (Å²) in [4.78, 5) is 6.33. The summed E-state index contributed by atoms with van der Waals surface area (Å²) in [7, 11) is 2.07. The van der Waals surface area contributed by atoms with Crippen molar-refractivity contribution in [2.45, 2.75) is 6.04 Å². The Morgan fingerprint density at radius 3 is 3.07 bits per heavy atom. The van der Waals surface area contributed by atoms with E-state index in [2.05, 4.69) is 22.2 Å². The van der Waals surface area contributed by atoms with Crippen molar-refractivity contribution in [3.63, 3.8) is 0 Å². The highest BCUT2D eigenvalue weighted by Crippen LogP contribution is 2.18. The number of hydrogen-bond acceptors (Lipinski definition) is 3. The van der Waals surface area contributed by atoms with E-state index >= 15 is 0 Å². The molecule has 1 fully saturated rings. The first-order valence-corrected chi connectivity index (χ1v) is 4.80. The Balaban J connectivity index is 2.16. The molecule has 0 radical (unpaired) electrons. The van der Waals surface area contributed by atoms with E-state index in [1.165, 1.54) is 12.3 Å². The molecular weight excluding hydrogens is 181 g/mol. The van der Waals surface area contributed by atoms with Crippen LogP contribution in [0.1, 0.15) is 11.7 Å². The summed E-state index contributed by atoms with van der Waals surface area (Å²) in [6.45, 7) is 2.90. The highest BCUT2D eigenvalue weighted by atomic mass is 19.1. The Morgan fingerprint density at radius 1 is 1.57 bits per heavy atom. The van der Waals surface area contributed by atoms with Crippen LogP contribution in [0.3, 0.4) is 0 Å². The zero-order chi connectivity index (χ0) is 9.97. The third-order valence-electron chi connectivity index (χ3n) is 2.60. The second kappa shape index (κ2) is 4.02. The van der Waals surface area contributed by atoms with E-state index in [9.17, 15) is 4.39 Å². The van der Waals surface area contributed by atoms with Gasteiger partial charge in [0.2, 0.25) is 0 Å². The average Bonchev–Trinajstić information content (AvgIpc) is 2.20. The minimum Gasteiger partial charge on any atom is -0.313 e. The summed E-state index contributed by atoms with van der Waals surface area (Å²) in [6.07, 6.45) is 1.28. The van der Waals surface area contributed by atoms with Gasteiger partial charge in [-0.3, -0.25) is 9.88 Å². The van der Waals surface area contributed by atoms with E-state index in [1.54, 1.807) is 6.07 Å². The maximum absolute atomic E-state index is 12.7. The normalized spacial score (nSPS) is 23.7. The first-order valence-electron chi connectivity index (χ1n) is 4.80. The molecule has 1 aromatic rings. The minimum absolute atomic E-state index is 0.268. The van der Waals surface area contributed by atoms with E-state index in [0.29, 0.717) is 0 Å². The summed E-state index contributed by atoms with van der Waals surface area (Å²) in [5.74, 6) is -0.278. The Hall–Kier alpha value is -1.00. The van der Waals surface area contributed by atoms with Gasteiger partial charge >= 0.3 is 0 Å². The fraction of sp³-hybridized carbons (Fsp3) is 0.500. The van der Waals surface area contributed by atoms with Gasteiger partial charge in [0.15, 0.2) is 0 Å². The van der Waals surface area contributed by atoms with Crippen molar-refractivity contribution in [3.05, 3.63) is 29.8 Å². The fourth-order valence-corrected chi connectivity index (χ4v) is 1.72. The molecule has 1 atom stereocenters. The summed E-state index contributed by atoms with van der Waals surface area (Å²) < 4.78 is 12.7. The van der Waals surface area contributed by atoms with Crippen LogP contribution in [-0.4, -0.2) is 36.6 Å². The maximum atomic E-state index is 12.7. The van der Waals surface area contributed by atoms with E-state index in [1.807, 2.05) is 0 Å². The monoisotopic (exact) mass is 195 g/mol. The Kier molecular flexibility index (Phi) is 2.74. The van der Waals surface area contributed by atoms with Crippen LogP contribution in [0.2, 0.25) is 0 Å². The van der Waals surface area contributed by atoms with Gasteiger partial charge in [0.1, 0.15) is 5.82 Å². The molecular formula is C10H14FN3. The number of likely N-dealkylation sites (N-methyl/N-ethyl adjacent to an activating group) is 1. The van der Waals surface area contributed by atoms with Crippen molar-refractivity contribution < 1.29 is 4.39 Å². The van der Waals surface area contributed by atoms with Crippen molar-refractivity contribution in [2.24, 2.45) is 0 Å². The van der Waals surface area contributed by atoms with Crippen LogP contribution in [0.5, 0.6) is 0 Å². The molecule has 0 bridgehead atoms. The van der Waals surface area contributed by atoms with Crippen LogP contribution in [-0.2, 0) is 0 Å². The molecule has 1 saturated heterocycles. The summed E-state index contributed by atoms with van der Waals surface area (Å²) in [6, 6.07) is 3.48. The maximum Gasteiger partial charge on any atom is 0.141 e. The molecule has 0 saturated carbocycles. The van der Waals surface area contributed by atoms with Crippen molar-refractivity contribution in [2.75, 3.05) is 26.7 Å². The molecule has 1 N–H and O–H groups in total. The topological polar surface area (TPSA) is 28.2 Å². The zero-order valence-electron chi connectivity index (χ0n) is 8.20. The SMILES string of the molecule is CN1CCNCC1c1ccc(F)cn1.